The van der Waals surface area contributed by atoms with Crippen LogP contribution >= 0.6 is 0 Å². The van der Waals surface area contributed by atoms with Crippen molar-refractivity contribution in [2.45, 2.75) is 103 Å². The number of aromatic nitrogens is 4. The maximum atomic E-state index is 14.9. The Morgan fingerprint density at radius 3 is 1.35 bits per heavy atom. The first kappa shape index (κ1) is 46.0. The standard InChI is InChI=1S/2C19H29FN6O4/c2*1-12-21-17(16(20)18(22-12)26-7-6-15(26)10-27)23-24-19(29)14(9-25(30)11-28)8-13-4-2-3-5-13/h2*11,13-15,27,30H,2-10H2,1H3,(H,24,29)(H,21,22,23)/t2*14-,15+/m11/s1. The zero-order valence-corrected chi connectivity index (χ0v) is 34.1. The summed E-state index contributed by atoms with van der Waals surface area (Å²) in [4.78, 5) is 66.6. The quantitative estimate of drug-likeness (QED) is 0.0538. The van der Waals surface area contributed by atoms with Crippen molar-refractivity contribution < 1.29 is 48.6 Å². The van der Waals surface area contributed by atoms with E-state index >= 15 is 0 Å². The smallest absolute Gasteiger partial charge is 0.243 e. The largest absolute Gasteiger partial charge is 0.394 e. The molecule has 4 aliphatic rings. The summed E-state index contributed by atoms with van der Waals surface area (Å²) < 4.78 is 29.8. The molecule has 2 saturated heterocycles. The predicted molar refractivity (Wildman–Crippen MR) is 212 cm³/mol. The number of aryl methyl sites for hydroxylation is 2. The third kappa shape index (κ3) is 12.0. The summed E-state index contributed by atoms with van der Waals surface area (Å²) in [6.45, 7) is 3.89. The number of nitrogens with zero attached hydrogens (tertiary/aromatic N) is 8. The third-order valence-corrected chi connectivity index (χ3v) is 11.7. The Kier molecular flexibility index (Phi) is 16.9. The summed E-state index contributed by atoms with van der Waals surface area (Å²) in [6.07, 6.45) is 11.5. The van der Waals surface area contributed by atoms with Crippen molar-refractivity contribution in [1.29, 1.82) is 0 Å². The number of amides is 4. The first-order valence-electron chi connectivity index (χ1n) is 20.6. The van der Waals surface area contributed by atoms with E-state index in [1.807, 2.05) is 0 Å². The molecule has 20 nitrogen and oxygen atoms in total. The van der Waals surface area contributed by atoms with Gasteiger partial charge in [0.25, 0.3) is 0 Å². The number of nitrogens with one attached hydrogen (secondary N) is 4. The number of aliphatic hydroxyl groups is 2. The van der Waals surface area contributed by atoms with E-state index < -0.39 is 35.3 Å². The van der Waals surface area contributed by atoms with Gasteiger partial charge in [-0.2, -0.15) is 8.78 Å². The normalized spacial score (nSPS) is 19.9. The van der Waals surface area contributed by atoms with Crippen LogP contribution in [0.3, 0.4) is 0 Å². The number of rotatable bonds is 20. The summed E-state index contributed by atoms with van der Waals surface area (Å²) in [5, 5.41) is 38.7. The van der Waals surface area contributed by atoms with Crippen LogP contribution in [0.25, 0.3) is 0 Å². The van der Waals surface area contributed by atoms with Crippen LogP contribution in [0.5, 0.6) is 0 Å². The lowest BCUT2D eigenvalue weighted by Crippen LogP contribution is -2.51. The number of hydrazine groups is 2. The second-order valence-corrected chi connectivity index (χ2v) is 16.0. The van der Waals surface area contributed by atoms with E-state index in [1.165, 1.54) is 0 Å². The summed E-state index contributed by atoms with van der Waals surface area (Å²) in [5.74, 6) is -2.50. The topological polar surface area (TPSA) is 262 Å². The molecule has 8 N–H and O–H groups in total. The molecule has 4 heterocycles. The van der Waals surface area contributed by atoms with Gasteiger partial charge in [0.15, 0.2) is 23.3 Å². The number of anilines is 4. The van der Waals surface area contributed by atoms with Gasteiger partial charge in [-0.05, 0) is 51.4 Å². The van der Waals surface area contributed by atoms with Crippen molar-refractivity contribution >= 4 is 47.9 Å². The van der Waals surface area contributed by atoms with Crippen molar-refractivity contribution in [3.63, 3.8) is 0 Å². The molecule has 4 fully saturated rings. The molecule has 0 aromatic carbocycles. The fourth-order valence-electron chi connectivity index (χ4n) is 8.26. The number of carbonyl (C=O) groups excluding carboxylic acids is 4. The first-order valence-corrected chi connectivity index (χ1v) is 20.6. The zero-order chi connectivity index (χ0) is 43.3. The highest BCUT2D eigenvalue weighted by atomic mass is 19.1. The Bertz CT molecular complexity index is 1640. The lowest BCUT2D eigenvalue weighted by Gasteiger charge is -2.41. The molecule has 2 saturated carbocycles. The van der Waals surface area contributed by atoms with E-state index in [2.05, 4.69) is 41.6 Å². The van der Waals surface area contributed by atoms with Gasteiger partial charge in [-0.3, -0.25) is 51.3 Å². The average Bonchev–Trinajstić information content (AvgIpc) is 3.93. The Hall–Kier alpha value is -5.06. The van der Waals surface area contributed by atoms with Gasteiger partial charge in [0.2, 0.25) is 36.3 Å². The fourth-order valence-corrected chi connectivity index (χ4v) is 8.26. The summed E-state index contributed by atoms with van der Waals surface area (Å²) in [5.41, 5.74) is 9.96. The van der Waals surface area contributed by atoms with Crippen molar-refractivity contribution in [1.82, 2.24) is 40.9 Å². The molecule has 2 aromatic heterocycles. The van der Waals surface area contributed by atoms with Gasteiger partial charge in [0.05, 0.1) is 50.2 Å². The maximum Gasteiger partial charge on any atom is 0.243 e. The minimum atomic E-state index is -0.719. The van der Waals surface area contributed by atoms with Crippen LogP contribution in [0.2, 0.25) is 0 Å². The Balaban J connectivity index is 0.000000228. The van der Waals surface area contributed by atoms with Gasteiger partial charge >= 0.3 is 0 Å². The van der Waals surface area contributed by atoms with Crippen molar-refractivity contribution in [3.8, 4) is 0 Å². The number of halogens is 2. The molecule has 332 valence electrons. The number of hydrogen-bond acceptors (Lipinski definition) is 16. The van der Waals surface area contributed by atoms with E-state index in [0.717, 1.165) is 64.2 Å². The number of carbonyl (C=O) groups is 4. The van der Waals surface area contributed by atoms with Crippen LogP contribution < -0.4 is 31.5 Å². The summed E-state index contributed by atoms with van der Waals surface area (Å²) >= 11 is 0. The predicted octanol–water partition coefficient (Wildman–Crippen LogP) is 1.96. The molecule has 4 atom stereocenters. The molecule has 2 aromatic rings. The van der Waals surface area contributed by atoms with Gasteiger partial charge in [-0.25, -0.2) is 30.1 Å². The Morgan fingerprint density at radius 2 is 1.05 bits per heavy atom. The number of aliphatic hydroxyl groups excluding tert-OH is 2. The van der Waals surface area contributed by atoms with Crippen LogP contribution in [0.15, 0.2) is 0 Å². The molecular formula is C38H58F2N12O8. The van der Waals surface area contributed by atoms with Gasteiger partial charge in [-0.15, -0.1) is 0 Å². The van der Waals surface area contributed by atoms with E-state index in [-0.39, 0.29) is 74.5 Å². The molecule has 2 aliphatic carbocycles. The van der Waals surface area contributed by atoms with Crippen molar-refractivity contribution in [2.75, 3.05) is 60.0 Å². The van der Waals surface area contributed by atoms with Gasteiger partial charge in [0.1, 0.15) is 11.6 Å². The highest BCUT2D eigenvalue weighted by Crippen LogP contribution is 2.33. The highest BCUT2D eigenvalue weighted by molar-refractivity contribution is 5.81. The van der Waals surface area contributed by atoms with Crippen LogP contribution in [-0.2, 0) is 19.2 Å². The first-order chi connectivity index (χ1) is 28.8. The number of hydroxylamine groups is 4. The Morgan fingerprint density at radius 1 is 0.683 bits per heavy atom. The lowest BCUT2D eigenvalue weighted by molar-refractivity contribution is -0.155. The zero-order valence-electron chi connectivity index (χ0n) is 34.1. The van der Waals surface area contributed by atoms with Crippen molar-refractivity contribution in [3.05, 3.63) is 23.3 Å². The molecule has 0 unspecified atom stereocenters. The lowest BCUT2D eigenvalue weighted by atomic mass is 9.92. The van der Waals surface area contributed by atoms with Crippen LogP contribution in [0, 0.1) is 49.2 Å². The molecule has 6 rings (SSSR count). The molecule has 0 spiro atoms. The molecule has 0 bridgehead atoms. The molecule has 22 heteroatoms. The molecule has 0 radical (unpaired) electrons. The SMILES string of the molecule is Cc1nc(NNC(=O)[C@H](CC2CCCC2)CN(O)C=O)c(F)c(N2CC[C@H]2CO)n1.Cc1nc(NNC(=O)[C@H](CC2CCCC2)CN(O)C=O)c(F)c(N2CC[C@H]2CO)n1. The van der Waals surface area contributed by atoms with Crippen LogP contribution in [-0.4, -0.2) is 127 Å². The van der Waals surface area contributed by atoms with E-state index in [1.54, 1.807) is 23.6 Å². The molecule has 60 heavy (non-hydrogen) atoms. The summed E-state index contributed by atoms with van der Waals surface area (Å²) in [7, 11) is 0. The fraction of sp³-hybridized carbons (Fsp3) is 0.684. The van der Waals surface area contributed by atoms with Gasteiger partial charge < -0.3 is 20.0 Å². The Labute approximate surface area is 347 Å². The monoisotopic (exact) mass is 848 g/mol. The maximum absolute atomic E-state index is 14.9. The second-order valence-electron chi connectivity index (χ2n) is 16.0. The van der Waals surface area contributed by atoms with E-state index in [9.17, 15) is 48.6 Å². The van der Waals surface area contributed by atoms with Gasteiger partial charge in [-0.1, -0.05) is 51.4 Å². The molecule has 4 amide bonds. The highest BCUT2D eigenvalue weighted by Gasteiger charge is 2.34. The molecule has 2 aliphatic heterocycles. The van der Waals surface area contributed by atoms with E-state index in [4.69, 9.17) is 0 Å². The van der Waals surface area contributed by atoms with Crippen molar-refractivity contribution in [2.24, 2.45) is 23.7 Å². The third-order valence-electron chi connectivity index (χ3n) is 11.7. The number of hydrogen-bond donors (Lipinski definition) is 8. The average molecular weight is 849 g/mol. The van der Waals surface area contributed by atoms with Crippen LogP contribution in [0.1, 0.15) is 88.7 Å². The second kappa shape index (κ2) is 22.0. The molecular weight excluding hydrogens is 790 g/mol. The minimum absolute atomic E-state index is 0.0783. The summed E-state index contributed by atoms with van der Waals surface area (Å²) in [6, 6.07) is -0.378. The van der Waals surface area contributed by atoms with Crippen LogP contribution in [0.4, 0.5) is 32.1 Å². The van der Waals surface area contributed by atoms with E-state index in [0.29, 0.717) is 59.5 Å². The minimum Gasteiger partial charge on any atom is -0.394 e. The van der Waals surface area contributed by atoms with Gasteiger partial charge in [0, 0.05) is 13.1 Å².